The molecule has 0 aliphatic carbocycles. The molecule has 0 saturated heterocycles. The van der Waals surface area contributed by atoms with Gasteiger partial charge in [-0.3, -0.25) is 4.68 Å². The van der Waals surface area contributed by atoms with Crippen molar-refractivity contribution in [2.45, 2.75) is 65.5 Å². The average Bonchev–Trinajstić information content (AvgIpc) is 2.84. The van der Waals surface area contributed by atoms with Crippen molar-refractivity contribution in [2.24, 2.45) is 5.92 Å². The van der Waals surface area contributed by atoms with E-state index in [0.717, 1.165) is 5.75 Å². The van der Waals surface area contributed by atoms with E-state index in [-0.39, 0.29) is 0 Å². The third kappa shape index (κ3) is 3.75. The molecule has 0 amide bonds. The first-order chi connectivity index (χ1) is 9.60. The van der Waals surface area contributed by atoms with Crippen LogP contribution in [0.1, 0.15) is 71.2 Å². The Bertz CT molecular complexity index is 381. The normalized spacial score (nSPS) is 13.2. The van der Waals surface area contributed by atoms with E-state index in [9.17, 15) is 0 Å². The van der Waals surface area contributed by atoms with E-state index in [1.807, 2.05) is 13.2 Å². The molecule has 0 spiro atoms. The molecule has 0 bridgehead atoms. The fourth-order valence-electron chi connectivity index (χ4n) is 3.04. The summed E-state index contributed by atoms with van der Waals surface area (Å²) in [5.41, 5.74) is 1.19. The van der Waals surface area contributed by atoms with Crippen LogP contribution in [0.15, 0.2) is 6.20 Å². The van der Waals surface area contributed by atoms with Crippen molar-refractivity contribution in [3.05, 3.63) is 11.9 Å². The van der Waals surface area contributed by atoms with E-state index in [0.29, 0.717) is 18.0 Å². The molecule has 1 rings (SSSR count). The van der Waals surface area contributed by atoms with E-state index >= 15 is 0 Å². The van der Waals surface area contributed by atoms with Crippen LogP contribution in [0.3, 0.4) is 0 Å². The highest BCUT2D eigenvalue weighted by Gasteiger charge is 2.28. The van der Waals surface area contributed by atoms with Crippen molar-refractivity contribution in [1.29, 1.82) is 0 Å². The maximum absolute atomic E-state index is 5.54. The van der Waals surface area contributed by atoms with Gasteiger partial charge >= 0.3 is 0 Å². The minimum Gasteiger partial charge on any atom is -0.493 e. The Kier molecular flexibility index (Phi) is 7.06. The molecule has 1 N–H and O–H groups in total. The molecular weight excluding hydrogens is 250 g/mol. The average molecular weight is 281 g/mol. The molecule has 4 nitrogen and oxygen atoms in total. The Balaban J connectivity index is 3.17. The summed E-state index contributed by atoms with van der Waals surface area (Å²) in [5.74, 6) is 1.52. The van der Waals surface area contributed by atoms with E-state index < -0.39 is 0 Å². The lowest BCUT2D eigenvalue weighted by Gasteiger charge is -2.28. The van der Waals surface area contributed by atoms with Crippen molar-refractivity contribution in [3.63, 3.8) is 0 Å². The van der Waals surface area contributed by atoms with Crippen LogP contribution in [0.4, 0.5) is 0 Å². The maximum atomic E-state index is 5.54. The van der Waals surface area contributed by atoms with Crippen molar-refractivity contribution in [3.8, 4) is 5.75 Å². The van der Waals surface area contributed by atoms with Crippen LogP contribution in [0, 0.1) is 5.92 Å². The summed E-state index contributed by atoms with van der Waals surface area (Å²) in [4.78, 5) is 0. The number of ether oxygens (including phenoxy) is 1. The topological polar surface area (TPSA) is 39.1 Å². The number of rotatable bonds is 9. The zero-order valence-electron chi connectivity index (χ0n) is 13.9. The zero-order chi connectivity index (χ0) is 15.1. The first-order valence-electron chi connectivity index (χ1n) is 7.89. The largest absolute Gasteiger partial charge is 0.493 e. The number of nitrogens with zero attached hydrogens (tertiary/aromatic N) is 2. The lowest BCUT2D eigenvalue weighted by atomic mass is 9.88. The van der Waals surface area contributed by atoms with Crippen LogP contribution in [-0.2, 0) is 0 Å². The van der Waals surface area contributed by atoms with E-state index in [2.05, 4.69) is 42.8 Å². The summed E-state index contributed by atoms with van der Waals surface area (Å²) >= 11 is 0. The van der Waals surface area contributed by atoms with Gasteiger partial charge in [0, 0.05) is 6.04 Å². The predicted octanol–water partition coefficient (Wildman–Crippen LogP) is 3.95. The standard InChI is InChI=1S/C16H31N3O/c1-7-9-13(10-8-2)15(17-5)16-14(20-6)11-18-19(16)12(3)4/h11-13,15,17H,7-10H2,1-6H3. The molecule has 1 aromatic heterocycles. The van der Waals surface area contributed by atoms with Gasteiger partial charge in [-0.15, -0.1) is 0 Å². The van der Waals surface area contributed by atoms with Gasteiger partial charge in [-0.05, 0) is 39.7 Å². The summed E-state index contributed by atoms with van der Waals surface area (Å²) in [5, 5.41) is 8.01. The molecule has 116 valence electrons. The van der Waals surface area contributed by atoms with Crippen LogP contribution in [0.5, 0.6) is 5.75 Å². The lowest BCUT2D eigenvalue weighted by Crippen LogP contribution is -2.29. The summed E-state index contributed by atoms with van der Waals surface area (Å²) in [6.07, 6.45) is 6.72. The molecule has 0 saturated carbocycles. The predicted molar refractivity (Wildman–Crippen MR) is 84.3 cm³/mol. The summed E-state index contributed by atoms with van der Waals surface area (Å²) < 4.78 is 7.64. The minimum atomic E-state index is 0.301. The van der Waals surface area contributed by atoms with Gasteiger partial charge in [-0.1, -0.05) is 26.7 Å². The van der Waals surface area contributed by atoms with Gasteiger partial charge in [0.2, 0.25) is 0 Å². The fourth-order valence-corrected chi connectivity index (χ4v) is 3.04. The van der Waals surface area contributed by atoms with Crippen LogP contribution < -0.4 is 10.1 Å². The molecule has 0 aromatic carbocycles. The van der Waals surface area contributed by atoms with E-state index in [1.165, 1.54) is 31.4 Å². The molecule has 0 aliphatic heterocycles. The maximum Gasteiger partial charge on any atom is 0.161 e. The van der Waals surface area contributed by atoms with Gasteiger partial charge in [0.15, 0.2) is 5.75 Å². The third-order valence-electron chi connectivity index (χ3n) is 3.90. The SMILES string of the molecule is CCCC(CCC)C(NC)c1c(OC)cnn1C(C)C. The molecule has 4 heteroatoms. The van der Waals surface area contributed by atoms with Gasteiger partial charge in [-0.25, -0.2) is 0 Å². The lowest BCUT2D eigenvalue weighted by molar-refractivity contribution is 0.297. The van der Waals surface area contributed by atoms with Crippen LogP contribution in [0.25, 0.3) is 0 Å². The van der Waals surface area contributed by atoms with Crippen LogP contribution in [-0.4, -0.2) is 23.9 Å². The van der Waals surface area contributed by atoms with Gasteiger partial charge in [-0.2, -0.15) is 5.10 Å². The first-order valence-corrected chi connectivity index (χ1v) is 7.89. The number of hydrogen-bond donors (Lipinski definition) is 1. The second-order valence-electron chi connectivity index (χ2n) is 5.74. The molecule has 1 atom stereocenters. The summed E-state index contributed by atoms with van der Waals surface area (Å²) in [6, 6.07) is 0.642. The minimum absolute atomic E-state index is 0.301. The Hall–Kier alpha value is -1.03. The highest BCUT2D eigenvalue weighted by Crippen LogP contribution is 2.35. The zero-order valence-corrected chi connectivity index (χ0v) is 13.9. The van der Waals surface area contributed by atoms with Crippen molar-refractivity contribution < 1.29 is 4.74 Å². The number of methoxy groups -OCH3 is 1. The molecule has 0 fully saturated rings. The first kappa shape index (κ1) is 17.0. The Morgan fingerprint density at radius 1 is 1.25 bits per heavy atom. The van der Waals surface area contributed by atoms with Crippen molar-refractivity contribution in [1.82, 2.24) is 15.1 Å². The number of hydrogen-bond acceptors (Lipinski definition) is 3. The molecule has 20 heavy (non-hydrogen) atoms. The second kappa shape index (κ2) is 8.30. The third-order valence-corrected chi connectivity index (χ3v) is 3.90. The Morgan fingerprint density at radius 3 is 2.25 bits per heavy atom. The summed E-state index contributed by atoms with van der Waals surface area (Å²) in [7, 11) is 3.77. The summed E-state index contributed by atoms with van der Waals surface area (Å²) in [6.45, 7) is 8.84. The number of aromatic nitrogens is 2. The molecule has 1 unspecified atom stereocenters. The smallest absolute Gasteiger partial charge is 0.161 e. The van der Waals surface area contributed by atoms with Gasteiger partial charge in [0.25, 0.3) is 0 Å². The molecule has 1 aromatic rings. The van der Waals surface area contributed by atoms with Crippen LogP contribution >= 0.6 is 0 Å². The Morgan fingerprint density at radius 2 is 1.85 bits per heavy atom. The van der Waals surface area contributed by atoms with Gasteiger partial charge in [0.1, 0.15) is 0 Å². The quantitative estimate of drug-likeness (QED) is 0.745. The monoisotopic (exact) mass is 281 g/mol. The molecule has 0 radical (unpaired) electrons. The fraction of sp³-hybridized carbons (Fsp3) is 0.812. The van der Waals surface area contributed by atoms with Gasteiger partial charge in [0.05, 0.1) is 25.0 Å². The van der Waals surface area contributed by atoms with Crippen molar-refractivity contribution in [2.75, 3.05) is 14.2 Å². The molecule has 1 heterocycles. The molecular formula is C16H31N3O. The van der Waals surface area contributed by atoms with E-state index in [4.69, 9.17) is 4.74 Å². The highest BCUT2D eigenvalue weighted by molar-refractivity contribution is 5.29. The van der Waals surface area contributed by atoms with Crippen LogP contribution in [0.2, 0.25) is 0 Å². The Labute approximate surface area is 123 Å². The molecule has 0 aliphatic rings. The second-order valence-corrected chi connectivity index (χ2v) is 5.74. The van der Waals surface area contributed by atoms with Crippen molar-refractivity contribution >= 4 is 0 Å². The van der Waals surface area contributed by atoms with Gasteiger partial charge < -0.3 is 10.1 Å². The highest BCUT2D eigenvalue weighted by atomic mass is 16.5. The number of nitrogens with one attached hydrogen (secondary N) is 1. The van der Waals surface area contributed by atoms with E-state index in [1.54, 1.807) is 7.11 Å².